The SMILES string of the molecule is O=C(O)COCCOCCOCC(F)CNC(c1ccccc1)c1ccccc1. The summed E-state index contributed by atoms with van der Waals surface area (Å²) in [5.74, 6) is -1.02. The Labute approximate surface area is 170 Å². The Bertz CT molecular complexity index is 647. The summed E-state index contributed by atoms with van der Waals surface area (Å²) in [5, 5.41) is 11.7. The van der Waals surface area contributed by atoms with Gasteiger partial charge in [0.2, 0.25) is 0 Å². The maximum absolute atomic E-state index is 14.2. The Kier molecular flexibility index (Phi) is 10.9. The van der Waals surface area contributed by atoms with E-state index in [9.17, 15) is 9.18 Å². The lowest BCUT2D eigenvalue weighted by atomic mass is 9.98. The molecule has 2 aromatic carbocycles. The van der Waals surface area contributed by atoms with Gasteiger partial charge in [-0.15, -0.1) is 0 Å². The maximum atomic E-state index is 14.2. The van der Waals surface area contributed by atoms with Crippen LogP contribution in [0.15, 0.2) is 60.7 Å². The molecule has 6 nitrogen and oxygen atoms in total. The second-order valence-corrected chi connectivity index (χ2v) is 6.39. The number of aliphatic carboxylic acids is 1. The number of nitrogens with one attached hydrogen (secondary N) is 1. The van der Waals surface area contributed by atoms with E-state index in [4.69, 9.17) is 19.3 Å². The van der Waals surface area contributed by atoms with Gasteiger partial charge in [-0.3, -0.25) is 0 Å². The van der Waals surface area contributed by atoms with E-state index < -0.39 is 12.1 Å². The molecule has 29 heavy (non-hydrogen) atoms. The zero-order chi connectivity index (χ0) is 20.7. The molecule has 0 spiro atoms. The fraction of sp³-hybridized carbons (Fsp3) is 0.409. The summed E-state index contributed by atoms with van der Waals surface area (Å²) < 4.78 is 29.6. The highest BCUT2D eigenvalue weighted by molar-refractivity contribution is 5.67. The van der Waals surface area contributed by atoms with Gasteiger partial charge < -0.3 is 24.6 Å². The normalized spacial score (nSPS) is 12.2. The van der Waals surface area contributed by atoms with Crippen LogP contribution in [0.5, 0.6) is 0 Å². The van der Waals surface area contributed by atoms with Crippen molar-refractivity contribution in [3.05, 3.63) is 71.8 Å². The minimum Gasteiger partial charge on any atom is -0.480 e. The molecule has 158 valence electrons. The van der Waals surface area contributed by atoms with Gasteiger partial charge in [-0.1, -0.05) is 60.7 Å². The van der Waals surface area contributed by atoms with Gasteiger partial charge in [-0.25, -0.2) is 9.18 Å². The molecule has 0 aromatic heterocycles. The third kappa shape index (κ3) is 9.62. The first-order chi connectivity index (χ1) is 14.2. The summed E-state index contributed by atoms with van der Waals surface area (Å²) in [6.07, 6.45) is -1.15. The molecular weight excluding hydrogens is 377 g/mol. The van der Waals surface area contributed by atoms with Gasteiger partial charge >= 0.3 is 5.97 Å². The van der Waals surface area contributed by atoms with Crippen molar-refractivity contribution in [1.82, 2.24) is 5.32 Å². The van der Waals surface area contributed by atoms with Gasteiger partial charge in [-0.05, 0) is 11.1 Å². The highest BCUT2D eigenvalue weighted by atomic mass is 19.1. The van der Waals surface area contributed by atoms with Crippen LogP contribution in [0.1, 0.15) is 17.2 Å². The van der Waals surface area contributed by atoms with Crippen LogP contribution in [0.25, 0.3) is 0 Å². The number of carbonyl (C=O) groups is 1. The van der Waals surface area contributed by atoms with Gasteiger partial charge in [0.15, 0.2) is 0 Å². The molecule has 0 radical (unpaired) electrons. The molecule has 2 rings (SSSR count). The van der Waals surface area contributed by atoms with Crippen molar-refractivity contribution in [3.63, 3.8) is 0 Å². The first-order valence-corrected chi connectivity index (χ1v) is 9.59. The fourth-order valence-electron chi connectivity index (χ4n) is 2.73. The lowest BCUT2D eigenvalue weighted by Gasteiger charge is -2.21. The Morgan fingerprint density at radius 2 is 1.38 bits per heavy atom. The number of halogens is 1. The molecular formula is C22H28FNO5. The number of ether oxygens (including phenoxy) is 3. The summed E-state index contributed by atoms with van der Waals surface area (Å²) in [6.45, 7) is 0.826. The highest BCUT2D eigenvalue weighted by Crippen LogP contribution is 2.21. The highest BCUT2D eigenvalue weighted by Gasteiger charge is 2.16. The third-order valence-corrected chi connectivity index (χ3v) is 4.08. The third-order valence-electron chi connectivity index (χ3n) is 4.08. The summed E-state index contributed by atoms with van der Waals surface area (Å²) in [7, 11) is 0. The molecule has 0 saturated carbocycles. The van der Waals surface area contributed by atoms with Gasteiger partial charge in [0, 0.05) is 6.54 Å². The van der Waals surface area contributed by atoms with Crippen molar-refractivity contribution in [2.45, 2.75) is 12.2 Å². The van der Waals surface area contributed by atoms with Gasteiger partial charge in [-0.2, -0.15) is 0 Å². The fourth-order valence-corrected chi connectivity index (χ4v) is 2.73. The van der Waals surface area contributed by atoms with Crippen LogP contribution in [-0.2, 0) is 19.0 Å². The second kappa shape index (κ2) is 13.8. The Morgan fingerprint density at radius 3 is 1.93 bits per heavy atom. The van der Waals surface area contributed by atoms with Crippen molar-refractivity contribution in [2.24, 2.45) is 0 Å². The molecule has 2 N–H and O–H groups in total. The molecule has 0 aliphatic carbocycles. The smallest absolute Gasteiger partial charge is 0.329 e. The zero-order valence-corrected chi connectivity index (χ0v) is 16.3. The zero-order valence-electron chi connectivity index (χ0n) is 16.3. The lowest BCUT2D eigenvalue weighted by Crippen LogP contribution is -2.31. The summed E-state index contributed by atoms with van der Waals surface area (Å²) >= 11 is 0. The quantitative estimate of drug-likeness (QED) is 0.444. The first kappa shape index (κ1) is 23.0. The Hall–Kier alpha value is -2.32. The van der Waals surface area contributed by atoms with Crippen LogP contribution in [0, 0.1) is 0 Å². The van der Waals surface area contributed by atoms with Crippen LogP contribution in [0.2, 0.25) is 0 Å². The second-order valence-electron chi connectivity index (χ2n) is 6.39. The van der Waals surface area contributed by atoms with Crippen molar-refractivity contribution in [1.29, 1.82) is 0 Å². The number of alkyl halides is 1. The van der Waals surface area contributed by atoms with E-state index in [0.717, 1.165) is 11.1 Å². The number of hydrogen-bond acceptors (Lipinski definition) is 5. The molecule has 0 amide bonds. The predicted octanol–water partition coefficient (Wildman–Crippen LogP) is 2.84. The van der Waals surface area contributed by atoms with Gasteiger partial charge in [0.25, 0.3) is 0 Å². The topological polar surface area (TPSA) is 77.0 Å². The van der Waals surface area contributed by atoms with E-state index in [2.05, 4.69) is 5.32 Å². The van der Waals surface area contributed by atoms with Crippen LogP contribution in [0.4, 0.5) is 4.39 Å². The monoisotopic (exact) mass is 405 g/mol. The van der Waals surface area contributed by atoms with E-state index in [1.807, 2.05) is 60.7 Å². The number of benzene rings is 2. The molecule has 0 heterocycles. The predicted molar refractivity (Wildman–Crippen MR) is 108 cm³/mol. The molecule has 1 unspecified atom stereocenters. The molecule has 0 fully saturated rings. The van der Waals surface area contributed by atoms with Gasteiger partial charge in [0.1, 0.15) is 12.8 Å². The van der Waals surface area contributed by atoms with Crippen molar-refractivity contribution >= 4 is 5.97 Å². The summed E-state index contributed by atoms with van der Waals surface area (Å²) in [5.41, 5.74) is 2.15. The number of carboxylic acid groups (broad SMARTS) is 1. The van der Waals surface area contributed by atoms with E-state index >= 15 is 0 Å². The summed E-state index contributed by atoms with van der Waals surface area (Å²) in [6, 6.07) is 19.8. The molecule has 7 heteroatoms. The molecule has 0 aliphatic rings. The van der Waals surface area contributed by atoms with E-state index in [1.54, 1.807) is 0 Å². The average molecular weight is 405 g/mol. The largest absolute Gasteiger partial charge is 0.480 e. The van der Waals surface area contributed by atoms with Crippen LogP contribution in [0.3, 0.4) is 0 Å². The van der Waals surface area contributed by atoms with Crippen molar-refractivity contribution in [3.8, 4) is 0 Å². The molecule has 1 atom stereocenters. The Balaban J connectivity index is 1.65. The van der Waals surface area contributed by atoms with Crippen LogP contribution >= 0.6 is 0 Å². The van der Waals surface area contributed by atoms with Crippen molar-refractivity contribution < 1.29 is 28.5 Å². The average Bonchev–Trinajstić information content (AvgIpc) is 2.74. The minimum absolute atomic E-state index is 0.0256. The molecule has 2 aromatic rings. The maximum Gasteiger partial charge on any atom is 0.329 e. The standard InChI is InChI=1S/C22H28FNO5/c23-20(16-28-13-11-27-12-14-29-17-21(25)26)15-24-22(18-7-3-1-4-8-18)19-9-5-2-6-10-19/h1-10,20,22,24H,11-17H2,(H,25,26). The molecule has 0 saturated heterocycles. The number of rotatable bonds is 15. The molecule has 0 aliphatic heterocycles. The first-order valence-electron chi connectivity index (χ1n) is 9.59. The van der Waals surface area contributed by atoms with E-state index in [-0.39, 0.29) is 45.6 Å². The van der Waals surface area contributed by atoms with Gasteiger partial charge in [0.05, 0.1) is 39.1 Å². The minimum atomic E-state index is -1.15. The Morgan fingerprint density at radius 1 is 0.862 bits per heavy atom. The number of carboxylic acids is 1. The van der Waals surface area contributed by atoms with E-state index in [1.165, 1.54) is 0 Å². The van der Waals surface area contributed by atoms with Crippen LogP contribution in [-0.4, -0.2) is 63.4 Å². The molecule has 0 bridgehead atoms. The number of hydrogen-bond donors (Lipinski definition) is 2. The van der Waals surface area contributed by atoms with E-state index in [0.29, 0.717) is 6.61 Å². The van der Waals surface area contributed by atoms with Crippen LogP contribution < -0.4 is 5.32 Å². The lowest BCUT2D eigenvalue weighted by molar-refractivity contribution is -0.142. The summed E-state index contributed by atoms with van der Waals surface area (Å²) in [4.78, 5) is 10.3. The van der Waals surface area contributed by atoms with Crippen molar-refractivity contribution in [2.75, 3.05) is 46.2 Å².